The molecule has 1 aliphatic rings. The molecule has 1 fully saturated rings. The molecule has 11 nitrogen and oxygen atoms in total. The van der Waals surface area contributed by atoms with E-state index < -0.39 is 41.6 Å². The summed E-state index contributed by atoms with van der Waals surface area (Å²) >= 11 is 0. The minimum atomic E-state index is -0.825. The summed E-state index contributed by atoms with van der Waals surface area (Å²) in [5.41, 5.74) is 0.204. The molecular formula is C24H33N3O8. The van der Waals surface area contributed by atoms with Crippen molar-refractivity contribution in [2.75, 3.05) is 6.54 Å². The monoisotopic (exact) mass is 491 g/mol. The standard InChI is InChI=1S/C24H33N3O8/c1-24(2,3)34-22(31)25-14-8-7-11-18(15-21(30)35-27-19(28)12-13-20(27)29)26-23(32)33-16-17-9-5-4-6-10-17/h4-6,9-10,18H,7-8,11-16H2,1-3H3,(H,25,31)(H,26,32)/t18-/m0/s1. The average Bonchev–Trinajstić information content (AvgIpc) is 3.09. The number of carbonyl (C=O) groups is 5. The zero-order valence-electron chi connectivity index (χ0n) is 20.3. The number of nitrogens with zero attached hydrogens (tertiary/aromatic N) is 1. The number of benzene rings is 1. The summed E-state index contributed by atoms with van der Waals surface area (Å²) in [6.07, 6.45) is -0.0472. The molecule has 0 radical (unpaired) electrons. The van der Waals surface area contributed by atoms with E-state index in [1.54, 1.807) is 20.8 Å². The van der Waals surface area contributed by atoms with Crippen molar-refractivity contribution in [1.29, 1.82) is 0 Å². The number of ether oxygens (including phenoxy) is 2. The largest absolute Gasteiger partial charge is 0.445 e. The predicted molar refractivity (Wildman–Crippen MR) is 123 cm³/mol. The van der Waals surface area contributed by atoms with Gasteiger partial charge in [0.15, 0.2) is 0 Å². The molecule has 0 unspecified atom stereocenters. The Morgan fingerprint density at radius 2 is 1.66 bits per heavy atom. The number of unbranched alkanes of at least 4 members (excludes halogenated alkanes) is 1. The number of hydroxylamine groups is 2. The highest BCUT2D eigenvalue weighted by atomic mass is 16.7. The van der Waals surface area contributed by atoms with E-state index >= 15 is 0 Å². The summed E-state index contributed by atoms with van der Waals surface area (Å²) in [6.45, 7) is 5.70. The first-order valence-corrected chi connectivity index (χ1v) is 11.5. The molecular weight excluding hydrogens is 458 g/mol. The van der Waals surface area contributed by atoms with E-state index in [4.69, 9.17) is 14.3 Å². The van der Waals surface area contributed by atoms with Crippen LogP contribution in [0.25, 0.3) is 0 Å². The number of imide groups is 1. The molecule has 1 heterocycles. The van der Waals surface area contributed by atoms with Crippen LogP contribution in [0, 0.1) is 0 Å². The number of nitrogens with one attached hydrogen (secondary N) is 2. The van der Waals surface area contributed by atoms with Crippen molar-refractivity contribution in [3.05, 3.63) is 35.9 Å². The smallest absolute Gasteiger partial charge is 0.407 e. The Morgan fingerprint density at radius 3 is 2.29 bits per heavy atom. The molecule has 2 N–H and O–H groups in total. The van der Waals surface area contributed by atoms with Gasteiger partial charge in [0.05, 0.1) is 6.42 Å². The van der Waals surface area contributed by atoms with E-state index in [2.05, 4.69) is 10.6 Å². The summed E-state index contributed by atoms with van der Waals surface area (Å²) in [6, 6.07) is 8.44. The first-order chi connectivity index (χ1) is 16.5. The minimum Gasteiger partial charge on any atom is -0.445 e. The van der Waals surface area contributed by atoms with Gasteiger partial charge in [0.1, 0.15) is 12.2 Å². The van der Waals surface area contributed by atoms with Gasteiger partial charge in [0.2, 0.25) is 0 Å². The highest BCUT2D eigenvalue weighted by molar-refractivity contribution is 6.01. The highest BCUT2D eigenvalue weighted by Crippen LogP contribution is 2.14. The predicted octanol–water partition coefficient (Wildman–Crippen LogP) is 2.97. The lowest BCUT2D eigenvalue weighted by Gasteiger charge is -2.20. The molecule has 0 aromatic heterocycles. The molecule has 1 aromatic rings. The molecule has 11 heteroatoms. The first-order valence-electron chi connectivity index (χ1n) is 11.5. The lowest BCUT2D eigenvalue weighted by atomic mass is 10.1. The molecule has 4 amide bonds. The van der Waals surface area contributed by atoms with Crippen LogP contribution in [-0.4, -0.2) is 53.2 Å². The third-order valence-electron chi connectivity index (χ3n) is 4.79. The quantitative estimate of drug-likeness (QED) is 0.356. The first kappa shape index (κ1) is 27.6. The molecule has 35 heavy (non-hydrogen) atoms. The number of amides is 4. The van der Waals surface area contributed by atoms with Crippen LogP contribution in [0.5, 0.6) is 0 Å². The van der Waals surface area contributed by atoms with Crippen molar-refractivity contribution in [2.45, 2.75) is 77.5 Å². The number of rotatable bonds is 11. The van der Waals surface area contributed by atoms with Gasteiger partial charge in [-0.2, -0.15) is 0 Å². The van der Waals surface area contributed by atoms with Crippen LogP contribution in [-0.2, 0) is 35.3 Å². The fraction of sp³-hybridized carbons (Fsp3) is 0.542. The number of carbonyl (C=O) groups excluding carboxylic acids is 5. The molecule has 1 saturated heterocycles. The van der Waals surface area contributed by atoms with Crippen LogP contribution in [0.3, 0.4) is 0 Å². The lowest BCUT2D eigenvalue weighted by molar-refractivity contribution is -0.197. The maximum absolute atomic E-state index is 12.3. The molecule has 1 atom stereocenters. The number of alkyl carbamates (subject to hydrolysis) is 2. The van der Waals surface area contributed by atoms with Gasteiger partial charge in [0, 0.05) is 25.4 Å². The van der Waals surface area contributed by atoms with Gasteiger partial charge in [-0.05, 0) is 45.6 Å². The van der Waals surface area contributed by atoms with E-state index in [1.165, 1.54) is 0 Å². The summed E-state index contributed by atoms with van der Waals surface area (Å²) in [4.78, 5) is 64.6. The number of hydrogen-bond acceptors (Lipinski definition) is 8. The molecule has 192 valence electrons. The zero-order valence-corrected chi connectivity index (χ0v) is 20.3. The van der Waals surface area contributed by atoms with Crippen molar-refractivity contribution < 1.29 is 38.3 Å². The molecule has 1 aromatic carbocycles. The van der Waals surface area contributed by atoms with Gasteiger partial charge in [-0.3, -0.25) is 9.59 Å². The van der Waals surface area contributed by atoms with Crippen LogP contribution in [0.15, 0.2) is 30.3 Å². The van der Waals surface area contributed by atoms with Gasteiger partial charge in [-0.25, -0.2) is 14.4 Å². The Morgan fingerprint density at radius 1 is 1.00 bits per heavy atom. The van der Waals surface area contributed by atoms with Crippen molar-refractivity contribution >= 4 is 30.0 Å². The number of hydrogen-bond donors (Lipinski definition) is 2. The van der Waals surface area contributed by atoms with Crippen molar-refractivity contribution in [3.63, 3.8) is 0 Å². The molecule has 1 aliphatic heterocycles. The Hall–Kier alpha value is -3.63. The van der Waals surface area contributed by atoms with Crippen LogP contribution in [0.4, 0.5) is 9.59 Å². The van der Waals surface area contributed by atoms with Gasteiger partial charge >= 0.3 is 18.2 Å². The van der Waals surface area contributed by atoms with Gasteiger partial charge in [-0.1, -0.05) is 30.3 Å². The second kappa shape index (κ2) is 13.3. The fourth-order valence-corrected chi connectivity index (χ4v) is 3.18. The Labute approximate surface area is 204 Å². The Balaban J connectivity index is 1.84. The Bertz CT molecular complexity index is 882. The summed E-state index contributed by atoms with van der Waals surface area (Å²) < 4.78 is 10.4. The van der Waals surface area contributed by atoms with E-state index in [0.717, 1.165) is 5.56 Å². The maximum Gasteiger partial charge on any atom is 0.407 e. The summed E-state index contributed by atoms with van der Waals surface area (Å²) in [5, 5.41) is 5.75. The zero-order chi connectivity index (χ0) is 25.8. The van der Waals surface area contributed by atoms with Gasteiger partial charge in [-0.15, -0.1) is 5.06 Å². The molecule has 0 saturated carbocycles. The molecule has 0 aliphatic carbocycles. The van der Waals surface area contributed by atoms with Crippen LogP contribution in [0.2, 0.25) is 0 Å². The van der Waals surface area contributed by atoms with E-state index in [0.29, 0.717) is 30.9 Å². The van der Waals surface area contributed by atoms with Crippen molar-refractivity contribution in [2.24, 2.45) is 0 Å². The van der Waals surface area contributed by atoms with Crippen LogP contribution < -0.4 is 10.6 Å². The average molecular weight is 492 g/mol. The maximum atomic E-state index is 12.3. The molecule has 0 spiro atoms. The van der Waals surface area contributed by atoms with E-state index in [-0.39, 0.29) is 25.9 Å². The normalized spacial score (nSPS) is 14.3. The lowest BCUT2D eigenvalue weighted by Crippen LogP contribution is -2.39. The second-order valence-corrected chi connectivity index (χ2v) is 9.08. The highest BCUT2D eigenvalue weighted by Gasteiger charge is 2.33. The van der Waals surface area contributed by atoms with Crippen LogP contribution in [0.1, 0.15) is 64.9 Å². The molecule has 2 rings (SSSR count). The van der Waals surface area contributed by atoms with Crippen molar-refractivity contribution in [1.82, 2.24) is 15.7 Å². The third-order valence-corrected chi connectivity index (χ3v) is 4.79. The van der Waals surface area contributed by atoms with E-state index in [1.807, 2.05) is 30.3 Å². The van der Waals surface area contributed by atoms with Crippen LogP contribution >= 0.6 is 0 Å². The summed E-state index contributed by atoms with van der Waals surface area (Å²) in [7, 11) is 0. The van der Waals surface area contributed by atoms with Crippen molar-refractivity contribution in [3.8, 4) is 0 Å². The van der Waals surface area contributed by atoms with Gasteiger partial charge in [0.25, 0.3) is 11.8 Å². The van der Waals surface area contributed by atoms with E-state index in [9.17, 15) is 24.0 Å². The minimum absolute atomic E-state index is 0.00967. The summed E-state index contributed by atoms with van der Waals surface area (Å²) in [5.74, 6) is -1.99. The fourth-order valence-electron chi connectivity index (χ4n) is 3.18. The second-order valence-electron chi connectivity index (χ2n) is 9.08. The van der Waals surface area contributed by atoms with Gasteiger partial charge < -0.3 is 24.9 Å². The third kappa shape index (κ3) is 10.9. The SMILES string of the molecule is CC(C)(C)OC(=O)NCCCC[C@@H](CC(=O)ON1C(=O)CCC1=O)NC(=O)OCc1ccccc1. The Kier molecular flexibility index (Phi) is 10.5. The molecule has 0 bridgehead atoms. The topological polar surface area (TPSA) is 140 Å².